The first-order valence-electron chi connectivity index (χ1n) is 7.69. The van der Waals surface area contributed by atoms with Crippen LogP contribution in [0.15, 0.2) is 34.2 Å². The van der Waals surface area contributed by atoms with Crippen molar-refractivity contribution in [3.8, 4) is 17.6 Å². The molecule has 6 N–H and O–H groups in total. The molecule has 142 valence electrons. The van der Waals surface area contributed by atoms with Crippen molar-refractivity contribution in [3.05, 3.63) is 24.3 Å². The minimum Gasteiger partial charge on any atom is -0.481 e. The number of hydrogen-bond donors (Lipinski definition) is 4. The predicted octanol–water partition coefficient (Wildman–Crippen LogP) is -0.126. The molecule has 0 aliphatic rings. The number of nitrogens with one attached hydrogen (secondary N) is 1. The lowest BCUT2D eigenvalue weighted by Gasteiger charge is -2.14. The van der Waals surface area contributed by atoms with Gasteiger partial charge in [0.25, 0.3) is 0 Å². The maximum absolute atomic E-state index is 12.4. The molecule has 0 aromatic heterocycles. The molecule has 0 spiro atoms. The van der Waals surface area contributed by atoms with E-state index in [1.54, 1.807) is 6.92 Å². The van der Waals surface area contributed by atoms with Gasteiger partial charge in [-0.3, -0.25) is 9.79 Å². The fourth-order valence-electron chi connectivity index (χ4n) is 1.90. The van der Waals surface area contributed by atoms with Crippen LogP contribution in [0, 0.1) is 11.8 Å². The molecule has 1 unspecified atom stereocenters. The average Bonchev–Trinajstić information content (AvgIpc) is 2.58. The molecule has 0 bridgehead atoms. The number of ether oxygens (including phenoxy) is 1. The molecule has 1 rings (SSSR count). The molecule has 0 saturated carbocycles. The van der Waals surface area contributed by atoms with Crippen molar-refractivity contribution in [3.63, 3.8) is 0 Å². The summed E-state index contributed by atoms with van der Waals surface area (Å²) in [6.45, 7) is 2.08. The van der Waals surface area contributed by atoms with Crippen molar-refractivity contribution < 1.29 is 23.1 Å². The fourth-order valence-corrected chi connectivity index (χ4v) is 3.12. The summed E-state index contributed by atoms with van der Waals surface area (Å²) in [6.07, 6.45) is 0.352. The van der Waals surface area contributed by atoms with E-state index in [1.165, 1.54) is 24.3 Å². The molecule has 26 heavy (non-hydrogen) atoms. The Bertz CT molecular complexity index is 790. The largest absolute Gasteiger partial charge is 0.481 e. The molecule has 0 aliphatic carbocycles. The highest BCUT2D eigenvalue weighted by atomic mass is 32.2. The first-order chi connectivity index (χ1) is 12.3. The minimum atomic E-state index is -4.00. The normalized spacial score (nSPS) is 11.7. The Kier molecular flexibility index (Phi) is 8.41. The second-order valence-electron chi connectivity index (χ2n) is 5.15. The number of nitrogens with two attached hydrogens (primary N) is 2. The van der Waals surface area contributed by atoms with Crippen LogP contribution in [0.5, 0.6) is 5.75 Å². The van der Waals surface area contributed by atoms with Crippen LogP contribution in [0.3, 0.4) is 0 Å². The summed E-state index contributed by atoms with van der Waals surface area (Å²) >= 11 is 0. The summed E-state index contributed by atoms with van der Waals surface area (Å²) in [5.74, 6) is 4.46. The number of guanidine groups is 1. The van der Waals surface area contributed by atoms with Crippen LogP contribution in [0.2, 0.25) is 0 Å². The van der Waals surface area contributed by atoms with Gasteiger partial charge in [0.15, 0.2) is 5.96 Å². The van der Waals surface area contributed by atoms with Crippen LogP contribution in [0.1, 0.15) is 19.8 Å². The van der Waals surface area contributed by atoms with Crippen LogP contribution < -0.4 is 20.9 Å². The molecule has 1 aromatic rings. The van der Waals surface area contributed by atoms with E-state index in [0.29, 0.717) is 12.2 Å². The van der Waals surface area contributed by atoms with Crippen molar-refractivity contribution in [1.82, 2.24) is 4.72 Å². The zero-order valence-electron chi connectivity index (χ0n) is 14.3. The third-order valence-corrected chi connectivity index (χ3v) is 4.65. The Hall–Kier alpha value is -2.77. The van der Waals surface area contributed by atoms with Crippen LogP contribution in [0.25, 0.3) is 0 Å². The third kappa shape index (κ3) is 7.42. The Morgan fingerprint density at radius 3 is 2.54 bits per heavy atom. The van der Waals surface area contributed by atoms with Crippen molar-refractivity contribution in [1.29, 1.82) is 0 Å². The van der Waals surface area contributed by atoms with Gasteiger partial charge in [0.2, 0.25) is 10.0 Å². The number of rotatable bonds is 10. The first-order valence-corrected chi connectivity index (χ1v) is 9.17. The molecule has 1 aromatic carbocycles. The number of benzene rings is 1. The Balaban J connectivity index is 2.75. The molecule has 0 radical (unpaired) electrons. The molecule has 0 amide bonds. The molecule has 10 heteroatoms. The Morgan fingerprint density at radius 1 is 1.35 bits per heavy atom. The number of nitrogens with zero attached hydrogens (tertiary/aromatic N) is 1. The van der Waals surface area contributed by atoms with Gasteiger partial charge >= 0.3 is 5.97 Å². The molecule has 0 heterocycles. The number of hydrogen-bond acceptors (Lipinski definition) is 5. The lowest BCUT2D eigenvalue weighted by atomic mass is 10.2. The van der Waals surface area contributed by atoms with E-state index in [2.05, 4.69) is 21.6 Å². The number of sulfonamides is 1. The molecule has 9 nitrogen and oxygen atoms in total. The Labute approximate surface area is 152 Å². The number of carboxylic acid groups (broad SMARTS) is 1. The van der Waals surface area contributed by atoms with E-state index in [9.17, 15) is 18.3 Å². The lowest BCUT2D eigenvalue weighted by molar-refractivity contribution is -0.139. The maximum Gasteiger partial charge on any atom is 0.321 e. The van der Waals surface area contributed by atoms with E-state index >= 15 is 0 Å². The summed E-state index contributed by atoms with van der Waals surface area (Å²) in [5.41, 5.74) is 10.4. The molecule has 0 fully saturated rings. The van der Waals surface area contributed by atoms with E-state index in [0.717, 1.165) is 0 Å². The fraction of sp³-hybridized carbons (Fsp3) is 0.375. The standard InChI is InChI=1S/C16H22N4O5S/c1-2-3-11-25-12-6-8-13(9-7-12)26(23,24)20-14(15(21)22)5-4-10-19-16(17)18/h6-9,14,20H,4-5,10-11H2,1H3,(H,21,22)(H4,17,18,19). The molecule has 1 atom stereocenters. The second kappa shape index (κ2) is 10.3. The van der Waals surface area contributed by atoms with Gasteiger partial charge < -0.3 is 21.3 Å². The quantitative estimate of drug-likeness (QED) is 0.190. The van der Waals surface area contributed by atoms with Gasteiger partial charge in [-0.1, -0.05) is 5.92 Å². The average molecular weight is 382 g/mol. The topological polar surface area (TPSA) is 157 Å². The smallest absolute Gasteiger partial charge is 0.321 e. The Morgan fingerprint density at radius 2 is 2.00 bits per heavy atom. The highest BCUT2D eigenvalue weighted by Gasteiger charge is 2.25. The molecule has 0 aliphatic heterocycles. The number of aliphatic carboxylic acids is 1. The van der Waals surface area contributed by atoms with Gasteiger partial charge in [-0.15, -0.1) is 5.92 Å². The third-order valence-electron chi connectivity index (χ3n) is 3.16. The minimum absolute atomic E-state index is 0.0439. The van der Waals surface area contributed by atoms with Crippen LogP contribution in [-0.2, 0) is 14.8 Å². The van der Waals surface area contributed by atoms with Crippen molar-refractivity contribution in [2.24, 2.45) is 16.5 Å². The summed E-state index contributed by atoms with van der Waals surface area (Å²) in [4.78, 5) is 15.0. The van der Waals surface area contributed by atoms with Gasteiger partial charge in [-0.25, -0.2) is 8.42 Å². The molecular formula is C16H22N4O5S. The van der Waals surface area contributed by atoms with Gasteiger partial charge in [-0.05, 0) is 44.0 Å². The lowest BCUT2D eigenvalue weighted by Crippen LogP contribution is -2.40. The summed E-state index contributed by atoms with van der Waals surface area (Å²) in [5, 5.41) is 9.21. The molecule has 0 saturated heterocycles. The maximum atomic E-state index is 12.4. The zero-order chi connectivity index (χ0) is 19.6. The number of carboxylic acids is 1. The van der Waals surface area contributed by atoms with Gasteiger partial charge in [0.05, 0.1) is 4.90 Å². The summed E-state index contributed by atoms with van der Waals surface area (Å²) in [7, 11) is -4.00. The van der Waals surface area contributed by atoms with Crippen molar-refractivity contribution in [2.75, 3.05) is 13.2 Å². The molecular weight excluding hydrogens is 360 g/mol. The SMILES string of the molecule is CC#CCOc1ccc(S(=O)(=O)NC(CCCN=C(N)N)C(=O)O)cc1. The highest BCUT2D eigenvalue weighted by Crippen LogP contribution is 2.16. The highest BCUT2D eigenvalue weighted by molar-refractivity contribution is 7.89. The zero-order valence-corrected chi connectivity index (χ0v) is 15.1. The monoisotopic (exact) mass is 382 g/mol. The second-order valence-corrected chi connectivity index (χ2v) is 6.86. The van der Waals surface area contributed by atoms with Crippen LogP contribution >= 0.6 is 0 Å². The summed E-state index contributed by atoms with van der Waals surface area (Å²) < 4.78 is 32.2. The van der Waals surface area contributed by atoms with Gasteiger partial charge in [0, 0.05) is 6.54 Å². The van der Waals surface area contributed by atoms with E-state index in [-0.39, 0.29) is 30.4 Å². The van der Waals surface area contributed by atoms with Gasteiger partial charge in [-0.2, -0.15) is 4.72 Å². The number of aliphatic imine (C=N–C) groups is 1. The van der Waals surface area contributed by atoms with Crippen LogP contribution in [-0.4, -0.2) is 44.6 Å². The van der Waals surface area contributed by atoms with Crippen molar-refractivity contribution in [2.45, 2.75) is 30.7 Å². The predicted molar refractivity (Wildman–Crippen MR) is 97.0 cm³/mol. The number of carbonyl (C=O) groups is 1. The van der Waals surface area contributed by atoms with Crippen LogP contribution in [0.4, 0.5) is 0 Å². The van der Waals surface area contributed by atoms with Crippen molar-refractivity contribution >= 4 is 22.0 Å². The summed E-state index contributed by atoms with van der Waals surface area (Å²) in [6, 6.07) is 4.32. The van der Waals surface area contributed by atoms with E-state index in [1.807, 2.05) is 0 Å². The van der Waals surface area contributed by atoms with E-state index < -0.39 is 22.0 Å². The first kappa shape index (κ1) is 21.3. The van der Waals surface area contributed by atoms with Gasteiger partial charge in [0.1, 0.15) is 18.4 Å². The van der Waals surface area contributed by atoms with E-state index in [4.69, 9.17) is 16.2 Å².